The minimum absolute atomic E-state index is 0.0906. The van der Waals surface area contributed by atoms with E-state index in [1.165, 1.54) is 12.1 Å². The summed E-state index contributed by atoms with van der Waals surface area (Å²) >= 11 is 0. The molecule has 2 atom stereocenters. The summed E-state index contributed by atoms with van der Waals surface area (Å²) in [5.41, 5.74) is 5.26. The Hall–Kier alpha value is -1.70. The van der Waals surface area contributed by atoms with Crippen molar-refractivity contribution in [2.45, 2.75) is 18.6 Å². The number of hydrogen-bond donors (Lipinski definition) is 2. The number of nitrogens with two attached hydrogens (primary N) is 1. The predicted octanol–water partition coefficient (Wildman–Crippen LogP) is 1.14. The van der Waals surface area contributed by atoms with Crippen molar-refractivity contribution in [1.29, 1.82) is 0 Å². The summed E-state index contributed by atoms with van der Waals surface area (Å²) in [5.74, 6) is 0.365. The summed E-state index contributed by atoms with van der Waals surface area (Å²) in [6.45, 7) is 2.49. The summed E-state index contributed by atoms with van der Waals surface area (Å²) < 4.78 is 11.1. The van der Waals surface area contributed by atoms with Gasteiger partial charge in [0.1, 0.15) is 5.82 Å². The number of nitrogens with zero attached hydrogens (tertiary/aromatic N) is 2. The van der Waals surface area contributed by atoms with Gasteiger partial charge in [-0.25, -0.2) is 4.98 Å². The van der Waals surface area contributed by atoms with Crippen LogP contribution in [-0.4, -0.2) is 32.2 Å². The number of pyridine rings is 1. The lowest BCUT2D eigenvalue weighted by Gasteiger charge is -2.09. The van der Waals surface area contributed by atoms with Crippen molar-refractivity contribution in [1.82, 2.24) is 4.98 Å². The Morgan fingerprint density at radius 2 is 2.28 bits per heavy atom. The molecular weight excluding hydrogens is 256 g/mol. The van der Waals surface area contributed by atoms with Crippen LogP contribution < -0.4 is 11.1 Å². The van der Waals surface area contributed by atoms with Gasteiger partial charge in [-0.2, -0.15) is 0 Å². The first kappa shape index (κ1) is 14.4. The standard InChI is InChI=1S/C10H16N4O3S/c1-7(18(2)17)5-6-12-9-4-3-8(14(15)16)10(11)13-9/h3-4,7H,5-6H2,1-2H3,(H3,11,12,13). The Balaban J connectivity index is 2.56. The van der Waals surface area contributed by atoms with Crippen LogP contribution in [0.15, 0.2) is 12.1 Å². The minimum Gasteiger partial charge on any atom is -0.378 e. The van der Waals surface area contributed by atoms with Gasteiger partial charge in [-0.1, -0.05) is 6.92 Å². The molecule has 0 aliphatic carbocycles. The molecule has 0 saturated heterocycles. The Labute approximate surface area is 107 Å². The second kappa shape index (κ2) is 6.29. The number of nitrogen functional groups attached to an aromatic ring is 1. The molecule has 0 aliphatic rings. The second-order valence-electron chi connectivity index (χ2n) is 3.88. The molecule has 0 radical (unpaired) electrons. The molecule has 1 aromatic rings. The first-order valence-corrected chi connectivity index (χ1v) is 7.01. The van der Waals surface area contributed by atoms with Gasteiger partial charge >= 0.3 is 5.69 Å². The summed E-state index contributed by atoms with van der Waals surface area (Å²) in [6.07, 6.45) is 2.38. The molecule has 0 bridgehead atoms. The van der Waals surface area contributed by atoms with E-state index in [1.54, 1.807) is 6.26 Å². The monoisotopic (exact) mass is 272 g/mol. The Kier molecular flexibility index (Phi) is 5.02. The van der Waals surface area contributed by atoms with Crippen LogP contribution in [0.4, 0.5) is 17.3 Å². The Morgan fingerprint density at radius 1 is 1.61 bits per heavy atom. The van der Waals surface area contributed by atoms with Crippen molar-refractivity contribution in [3.8, 4) is 0 Å². The third kappa shape index (κ3) is 3.95. The highest BCUT2D eigenvalue weighted by atomic mass is 32.2. The zero-order chi connectivity index (χ0) is 13.7. The third-order valence-electron chi connectivity index (χ3n) is 2.52. The van der Waals surface area contributed by atoms with Crippen molar-refractivity contribution >= 4 is 28.1 Å². The quantitative estimate of drug-likeness (QED) is 0.593. The van der Waals surface area contributed by atoms with Crippen LogP contribution in [0.3, 0.4) is 0 Å². The minimum atomic E-state index is -0.857. The van der Waals surface area contributed by atoms with Crippen molar-refractivity contribution in [3.63, 3.8) is 0 Å². The van der Waals surface area contributed by atoms with Crippen molar-refractivity contribution in [3.05, 3.63) is 22.2 Å². The van der Waals surface area contributed by atoms with Crippen molar-refractivity contribution in [2.24, 2.45) is 0 Å². The molecule has 0 fully saturated rings. The van der Waals surface area contributed by atoms with Gasteiger partial charge in [-0.05, 0) is 12.5 Å². The first-order chi connectivity index (χ1) is 8.41. The van der Waals surface area contributed by atoms with E-state index >= 15 is 0 Å². The molecular formula is C10H16N4O3S. The zero-order valence-corrected chi connectivity index (χ0v) is 11.1. The number of nitro groups is 1. The Bertz CT molecular complexity index is 466. The molecule has 3 N–H and O–H groups in total. The molecule has 8 heteroatoms. The van der Waals surface area contributed by atoms with E-state index in [0.29, 0.717) is 12.4 Å². The molecule has 0 saturated carbocycles. The van der Waals surface area contributed by atoms with Gasteiger partial charge < -0.3 is 11.1 Å². The Morgan fingerprint density at radius 3 is 2.78 bits per heavy atom. The molecule has 100 valence electrons. The number of aromatic nitrogens is 1. The zero-order valence-electron chi connectivity index (χ0n) is 10.3. The van der Waals surface area contributed by atoms with Crippen molar-refractivity contribution in [2.75, 3.05) is 23.9 Å². The molecule has 18 heavy (non-hydrogen) atoms. The number of anilines is 2. The molecule has 1 heterocycles. The fourth-order valence-electron chi connectivity index (χ4n) is 1.29. The average molecular weight is 272 g/mol. The van der Waals surface area contributed by atoms with E-state index in [4.69, 9.17) is 5.73 Å². The van der Waals surface area contributed by atoms with Crippen LogP contribution in [-0.2, 0) is 10.8 Å². The van der Waals surface area contributed by atoms with Crippen molar-refractivity contribution < 1.29 is 9.13 Å². The molecule has 7 nitrogen and oxygen atoms in total. The first-order valence-electron chi connectivity index (χ1n) is 5.39. The lowest BCUT2D eigenvalue weighted by atomic mass is 10.3. The number of hydrogen-bond acceptors (Lipinski definition) is 6. The van der Waals surface area contributed by atoms with Crippen LogP contribution >= 0.6 is 0 Å². The molecule has 1 rings (SSSR count). The van der Waals surface area contributed by atoms with Gasteiger partial charge in [-0.3, -0.25) is 14.3 Å². The van der Waals surface area contributed by atoms with E-state index in [2.05, 4.69) is 10.3 Å². The molecule has 1 aromatic heterocycles. The molecule has 2 unspecified atom stereocenters. The smallest absolute Gasteiger partial charge is 0.311 e. The fourth-order valence-corrected chi connectivity index (χ4v) is 1.74. The van der Waals surface area contributed by atoms with Gasteiger partial charge in [-0.15, -0.1) is 0 Å². The maximum absolute atomic E-state index is 11.1. The highest BCUT2D eigenvalue weighted by molar-refractivity contribution is 7.84. The highest BCUT2D eigenvalue weighted by Crippen LogP contribution is 2.20. The fraction of sp³-hybridized carbons (Fsp3) is 0.500. The maximum Gasteiger partial charge on any atom is 0.311 e. The van der Waals surface area contributed by atoms with Crippen LogP contribution in [0.5, 0.6) is 0 Å². The second-order valence-corrected chi connectivity index (χ2v) is 5.68. The van der Waals surface area contributed by atoms with Gasteiger partial charge in [0.15, 0.2) is 0 Å². The van der Waals surface area contributed by atoms with Gasteiger partial charge in [0.05, 0.1) is 4.92 Å². The molecule has 0 aliphatic heterocycles. The summed E-state index contributed by atoms with van der Waals surface area (Å²) in [5, 5.41) is 13.6. The topological polar surface area (TPSA) is 111 Å². The molecule has 0 aromatic carbocycles. The van der Waals surface area contributed by atoms with E-state index in [-0.39, 0.29) is 16.8 Å². The van der Waals surface area contributed by atoms with Gasteiger partial charge in [0, 0.05) is 34.9 Å². The average Bonchev–Trinajstić information content (AvgIpc) is 2.28. The van der Waals surface area contributed by atoms with E-state index in [1.807, 2.05) is 6.92 Å². The van der Waals surface area contributed by atoms with Crippen LogP contribution in [0.25, 0.3) is 0 Å². The van der Waals surface area contributed by atoms with Gasteiger partial charge in [0.25, 0.3) is 0 Å². The largest absolute Gasteiger partial charge is 0.378 e. The number of nitrogens with one attached hydrogen (secondary N) is 1. The molecule has 0 amide bonds. The number of rotatable bonds is 6. The predicted molar refractivity (Wildman–Crippen MR) is 71.9 cm³/mol. The maximum atomic E-state index is 11.1. The highest BCUT2D eigenvalue weighted by Gasteiger charge is 2.12. The normalized spacial score (nSPS) is 13.9. The van der Waals surface area contributed by atoms with E-state index in [9.17, 15) is 14.3 Å². The summed E-state index contributed by atoms with van der Waals surface area (Å²) in [7, 11) is -0.857. The molecule has 0 spiro atoms. The van der Waals surface area contributed by atoms with Gasteiger partial charge in [0.2, 0.25) is 5.82 Å². The van der Waals surface area contributed by atoms with Crippen LogP contribution in [0.2, 0.25) is 0 Å². The van der Waals surface area contributed by atoms with Crippen LogP contribution in [0, 0.1) is 10.1 Å². The third-order valence-corrected chi connectivity index (χ3v) is 3.89. The van der Waals surface area contributed by atoms with E-state index < -0.39 is 15.7 Å². The summed E-state index contributed by atoms with van der Waals surface area (Å²) in [6, 6.07) is 2.81. The van der Waals surface area contributed by atoms with Crippen LogP contribution in [0.1, 0.15) is 13.3 Å². The lowest BCUT2D eigenvalue weighted by molar-refractivity contribution is -0.384. The summed E-state index contributed by atoms with van der Waals surface area (Å²) in [4.78, 5) is 13.9. The van der Waals surface area contributed by atoms with E-state index in [0.717, 1.165) is 6.42 Å². The lowest BCUT2D eigenvalue weighted by Crippen LogP contribution is -2.15. The SMILES string of the molecule is CC(CCNc1ccc([N+](=O)[O-])c(N)n1)S(C)=O.